The van der Waals surface area contributed by atoms with Crippen LogP contribution in [0.3, 0.4) is 0 Å². The minimum Gasteiger partial charge on any atom is -0.452 e. The van der Waals surface area contributed by atoms with Gasteiger partial charge in [-0.05, 0) is 46.3 Å². The van der Waals surface area contributed by atoms with Crippen molar-refractivity contribution in [2.75, 3.05) is 0 Å². The Balaban J connectivity index is 2.43. The lowest BCUT2D eigenvalue weighted by atomic mass is 10.0. The van der Waals surface area contributed by atoms with E-state index in [0.29, 0.717) is 0 Å². The normalized spacial score (nSPS) is 30.5. The highest BCUT2D eigenvalue weighted by Gasteiger charge is 2.62. The summed E-state index contributed by atoms with van der Waals surface area (Å²) in [4.78, 5) is 0. The molecule has 1 aromatic heterocycles. The molecule has 1 heterocycles. The van der Waals surface area contributed by atoms with E-state index in [1.807, 2.05) is 13.0 Å². The lowest BCUT2D eigenvalue weighted by Gasteiger charge is -2.12. The fraction of sp³-hybridized carbons (Fsp3) is 0.600. The van der Waals surface area contributed by atoms with E-state index in [4.69, 9.17) is 10.2 Å². The molecule has 0 aliphatic heterocycles. The highest BCUT2D eigenvalue weighted by Crippen LogP contribution is 2.61. The summed E-state index contributed by atoms with van der Waals surface area (Å²) in [5, 5.41) is 0. The van der Waals surface area contributed by atoms with Crippen LogP contribution in [0.5, 0.6) is 0 Å². The molecule has 1 aliphatic carbocycles. The van der Waals surface area contributed by atoms with Gasteiger partial charge >= 0.3 is 0 Å². The first-order valence-electron chi connectivity index (χ1n) is 4.42. The zero-order valence-electron chi connectivity index (χ0n) is 8.15. The van der Waals surface area contributed by atoms with E-state index in [0.717, 1.165) is 22.4 Å². The van der Waals surface area contributed by atoms with Gasteiger partial charge in [-0.25, -0.2) is 0 Å². The van der Waals surface area contributed by atoms with Gasteiger partial charge in [0.05, 0.1) is 5.54 Å². The van der Waals surface area contributed by atoms with Crippen LogP contribution < -0.4 is 5.73 Å². The van der Waals surface area contributed by atoms with E-state index < -0.39 is 0 Å². The summed E-state index contributed by atoms with van der Waals surface area (Å²) >= 11 is 3.32. The van der Waals surface area contributed by atoms with Crippen LogP contribution >= 0.6 is 15.9 Å². The molecule has 0 bridgehead atoms. The Labute approximate surface area is 86.6 Å². The number of hydrogen-bond acceptors (Lipinski definition) is 2. The third-order valence-corrected chi connectivity index (χ3v) is 3.49. The van der Waals surface area contributed by atoms with Crippen molar-refractivity contribution in [1.29, 1.82) is 0 Å². The topological polar surface area (TPSA) is 39.2 Å². The van der Waals surface area contributed by atoms with E-state index in [1.165, 1.54) is 0 Å². The van der Waals surface area contributed by atoms with Gasteiger partial charge in [0, 0.05) is 0 Å². The molecule has 1 saturated carbocycles. The predicted octanol–water partition coefficient (Wildman–Crippen LogP) is 2.93. The van der Waals surface area contributed by atoms with Crippen LogP contribution in [0.25, 0.3) is 0 Å². The van der Waals surface area contributed by atoms with Gasteiger partial charge < -0.3 is 10.2 Å². The Hall–Kier alpha value is -0.280. The molecule has 1 unspecified atom stereocenters. The van der Waals surface area contributed by atoms with Crippen LogP contribution in [0.15, 0.2) is 15.2 Å². The second-order valence-electron chi connectivity index (χ2n) is 4.59. The first-order chi connectivity index (χ1) is 5.87. The van der Waals surface area contributed by atoms with Crippen LogP contribution in [0, 0.1) is 12.3 Å². The lowest BCUT2D eigenvalue weighted by molar-refractivity contribution is 0.388. The molecule has 72 valence electrons. The molecule has 0 amide bonds. The van der Waals surface area contributed by atoms with E-state index in [-0.39, 0.29) is 11.0 Å². The zero-order chi connectivity index (χ0) is 9.85. The van der Waals surface area contributed by atoms with E-state index in [9.17, 15) is 0 Å². The Bertz CT molecular complexity index is 356. The maximum atomic E-state index is 6.25. The second-order valence-corrected chi connectivity index (χ2v) is 5.38. The smallest absolute Gasteiger partial charge is 0.169 e. The molecular weight excluding hydrogens is 230 g/mol. The standard InChI is InChI=1S/C10H14BrNO/c1-6-4-7(11)13-8(6)10(12)5-9(10,2)3/h4H,5,12H2,1-3H3. The third-order valence-electron chi connectivity index (χ3n) is 3.10. The van der Waals surface area contributed by atoms with Gasteiger partial charge in [-0.1, -0.05) is 13.8 Å². The summed E-state index contributed by atoms with van der Waals surface area (Å²) < 4.78 is 6.34. The van der Waals surface area contributed by atoms with Crippen LogP contribution in [-0.4, -0.2) is 0 Å². The molecular formula is C10H14BrNO. The van der Waals surface area contributed by atoms with Crippen LogP contribution in [0.2, 0.25) is 0 Å². The number of rotatable bonds is 1. The first kappa shape index (κ1) is 9.28. The number of nitrogens with two attached hydrogens (primary N) is 1. The van der Waals surface area contributed by atoms with E-state index >= 15 is 0 Å². The summed E-state index contributed by atoms with van der Waals surface area (Å²) in [7, 11) is 0. The minimum atomic E-state index is -0.247. The molecule has 0 aromatic carbocycles. The van der Waals surface area contributed by atoms with Crippen molar-refractivity contribution in [3.63, 3.8) is 0 Å². The Morgan fingerprint density at radius 1 is 1.54 bits per heavy atom. The molecule has 0 spiro atoms. The van der Waals surface area contributed by atoms with Gasteiger partial charge in [-0.3, -0.25) is 0 Å². The van der Waals surface area contributed by atoms with Crippen molar-refractivity contribution < 1.29 is 4.42 Å². The quantitative estimate of drug-likeness (QED) is 0.824. The minimum absolute atomic E-state index is 0.176. The number of hydrogen-bond donors (Lipinski definition) is 1. The van der Waals surface area contributed by atoms with E-state index in [1.54, 1.807) is 0 Å². The largest absolute Gasteiger partial charge is 0.452 e. The van der Waals surface area contributed by atoms with Gasteiger partial charge in [0.1, 0.15) is 5.76 Å². The monoisotopic (exact) mass is 243 g/mol. The molecule has 1 atom stereocenters. The lowest BCUT2D eigenvalue weighted by Crippen LogP contribution is -2.25. The third kappa shape index (κ3) is 1.17. The predicted molar refractivity (Wildman–Crippen MR) is 55.4 cm³/mol. The Morgan fingerprint density at radius 2 is 2.08 bits per heavy atom. The zero-order valence-corrected chi connectivity index (χ0v) is 9.73. The van der Waals surface area contributed by atoms with Crippen molar-refractivity contribution in [2.45, 2.75) is 32.7 Å². The summed E-state index contributed by atoms with van der Waals surface area (Å²) in [5.41, 5.74) is 7.31. The van der Waals surface area contributed by atoms with Crippen molar-refractivity contribution in [2.24, 2.45) is 11.1 Å². The molecule has 2 rings (SSSR count). The van der Waals surface area contributed by atoms with Gasteiger partial charge in [0.2, 0.25) is 0 Å². The van der Waals surface area contributed by atoms with Crippen molar-refractivity contribution in [3.8, 4) is 0 Å². The molecule has 2 nitrogen and oxygen atoms in total. The number of furan rings is 1. The molecule has 0 radical (unpaired) electrons. The van der Waals surface area contributed by atoms with Crippen LogP contribution in [-0.2, 0) is 5.54 Å². The van der Waals surface area contributed by atoms with Crippen molar-refractivity contribution in [1.82, 2.24) is 0 Å². The Morgan fingerprint density at radius 3 is 2.38 bits per heavy atom. The molecule has 1 fully saturated rings. The Kier molecular flexibility index (Phi) is 1.71. The molecule has 3 heteroatoms. The van der Waals surface area contributed by atoms with Crippen molar-refractivity contribution in [3.05, 3.63) is 22.1 Å². The van der Waals surface area contributed by atoms with Crippen LogP contribution in [0.1, 0.15) is 31.6 Å². The van der Waals surface area contributed by atoms with Crippen molar-refractivity contribution >= 4 is 15.9 Å². The summed E-state index contributed by atoms with van der Waals surface area (Å²) in [6, 6.07) is 1.97. The van der Waals surface area contributed by atoms with Gasteiger partial charge in [0.25, 0.3) is 0 Å². The molecule has 1 aliphatic rings. The molecule has 1 aromatic rings. The highest BCUT2D eigenvalue weighted by molar-refractivity contribution is 9.10. The summed E-state index contributed by atoms with van der Waals surface area (Å²) in [6.07, 6.45) is 1.00. The fourth-order valence-electron chi connectivity index (χ4n) is 1.93. The SMILES string of the molecule is Cc1cc(Br)oc1C1(N)CC1(C)C. The van der Waals surface area contributed by atoms with Gasteiger partial charge in [-0.2, -0.15) is 0 Å². The van der Waals surface area contributed by atoms with Crippen LogP contribution in [0.4, 0.5) is 0 Å². The number of halogens is 1. The first-order valence-corrected chi connectivity index (χ1v) is 5.21. The number of aryl methyl sites for hydroxylation is 1. The van der Waals surface area contributed by atoms with Gasteiger partial charge in [0.15, 0.2) is 4.67 Å². The molecule has 0 saturated heterocycles. The second kappa shape index (κ2) is 2.39. The average molecular weight is 244 g/mol. The highest BCUT2D eigenvalue weighted by atomic mass is 79.9. The maximum Gasteiger partial charge on any atom is 0.169 e. The van der Waals surface area contributed by atoms with E-state index in [2.05, 4.69) is 29.8 Å². The fourth-order valence-corrected chi connectivity index (χ4v) is 2.43. The average Bonchev–Trinajstić information content (AvgIpc) is 2.34. The molecule has 2 N–H and O–H groups in total. The summed E-state index contributed by atoms with van der Waals surface area (Å²) in [6.45, 7) is 6.37. The van der Waals surface area contributed by atoms with Gasteiger partial charge in [-0.15, -0.1) is 0 Å². The molecule has 13 heavy (non-hydrogen) atoms. The maximum absolute atomic E-state index is 6.25. The summed E-state index contributed by atoms with van der Waals surface area (Å²) in [5.74, 6) is 0.935.